The normalized spacial score (nSPS) is 9.68. The van der Waals surface area contributed by atoms with E-state index >= 15 is 0 Å². The molecule has 4 nitrogen and oxygen atoms in total. The molecule has 0 heterocycles. The predicted octanol–water partition coefficient (Wildman–Crippen LogP) is -2.46. The second kappa shape index (κ2) is 31.9. The first-order valence-electron chi connectivity index (χ1n) is 9.38. The van der Waals surface area contributed by atoms with Crippen molar-refractivity contribution >= 4 is 6.16 Å². The molecule has 0 aliphatic rings. The molecule has 0 unspecified atom stereocenters. The molecule has 0 saturated carbocycles. The summed E-state index contributed by atoms with van der Waals surface area (Å²) in [6.45, 7) is 3.14. The fourth-order valence-electron chi connectivity index (χ4n) is 2.39. The quantitative estimate of drug-likeness (QED) is 0.203. The summed E-state index contributed by atoms with van der Waals surface area (Å²) in [4.78, 5) is 8.33. The third-order valence-corrected chi connectivity index (χ3v) is 3.72. The molecule has 25 heavy (non-hydrogen) atoms. The van der Waals surface area contributed by atoms with E-state index in [2.05, 4.69) is 19.1 Å². The Morgan fingerprint density at radius 3 is 1.40 bits per heavy atom. The molecule has 0 spiro atoms. The van der Waals surface area contributed by atoms with Crippen molar-refractivity contribution < 1.29 is 52.7 Å². The van der Waals surface area contributed by atoms with Crippen molar-refractivity contribution in [1.29, 1.82) is 0 Å². The number of rotatable bonds is 15. The molecule has 0 saturated heterocycles. The van der Waals surface area contributed by atoms with Crippen molar-refractivity contribution in [3.8, 4) is 0 Å². The van der Waals surface area contributed by atoms with Gasteiger partial charge in [0.25, 0.3) is 0 Å². The van der Waals surface area contributed by atoms with Gasteiger partial charge >= 0.3 is 37.7 Å². The molecular weight excluding hydrogens is 304 g/mol. The van der Waals surface area contributed by atoms with Gasteiger partial charge < -0.3 is 20.7 Å². The summed E-state index contributed by atoms with van der Waals surface area (Å²) in [6.07, 6.45) is 21.6. The first-order valence-corrected chi connectivity index (χ1v) is 9.38. The van der Waals surface area contributed by atoms with Crippen molar-refractivity contribution in [3.05, 3.63) is 12.2 Å². The molecule has 2 N–H and O–H groups in total. The maximum Gasteiger partial charge on any atom is 1.00 e. The van der Waals surface area contributed by atoms with Crippen LogP contribution in [0.15, 0.2) is 12.2 Å². The van der Waals surface area contributed by atoms with Crippen LogP contribution in [-0.2, 0) is 0 Å². The second-order valence-corrected chi connectivity index (χ2v) is 5.98. The SMILES string of the molecule is CCCCCCCC/C=C\CCCCCCCCN.O=C([O-])[O-].[Li+].[Li+]. The van der Waals surface area contributed by atoms with Gasteiger partial charge in [-0.25, -0.2) is 0 Å². The van der Waals surface area contributed by atoms with Gasteiger partial charge in [-0.15, -0.1) is 0 Å². The third-order valence-electron chi connectivity index (χ3n) is 3.72. The monoisotopic (exact) mass is 341 g/mol. The van der Waals surface area contributed by atoms with Gasteiger partial charge in [-0.05, 0) is 44.8 Å². The number of carboxylic acid groups (broad SMARTS) is 2. The Bertz CT molecular complexity index is 261. The average molecular weight is 341 g/mol. The first kappa shape index (κ1) is 32.8. The van der Waals surface area contributed by atoms with Gasteiger partial charge in [-0.2, -0.15) is 0 Å². The average Bonchev–Trinajstić information content (AvgIpc) is 2.50. The number of carbonyl (C=O) groups is 1. The van der Waals surface area contributed by atoms with E-state index in [1.807, 2.05) is 0 Å². The topological polar surface area (TPSA) is 89.2 Å². The van der Waals surface area contributed by atoms with Crippen molar-refractivity contribution in [3.63, 3.8) is 0 Å². The van der Waals surface area contributed by atoms with Crippen molar-refractivity contribution in [2.24, 2.45) is 5.73 Å². The van der Waals surface area contributed by atoms with E-state index in [4.69, 9.17) is 20.7 Å². The van der Waals surface area contributed by atoms with Crippen molar-refractivity contribution in [1.82, 2.24) is 0 Å². The van der Waals surface area contributed by atoms with Crippen LogP contribution >= 0.6 is 0 Å². The molecule has 0 atom stereocenters. The zero-order chi connectivity index (χ0) is 17.6. The van der Waals surface area contributed by atoms with Crippen LogP contribution < -0.4 is 53.7 Å². The number of hydrogen-bond acceptors (Lipinski definition) is 4. The predicted molar refractivity (Wildman–Crippen MR) is 93.9 cm³/mol. The van der Waals surface area contributed by atoms with E-state index in [0.29, 0.717) is 0 Å². The van der Waals surface area contributed by atoms with Crippen LogP contribution in [0.1, 0.15) is 96.8 Å². The Labute approximate surface area is 179 Å². The molecular formula is C19H37Li2NO3. The molecule has 0 aromatic carbocycles. The summed E-state index contributed by atoms with van der Waals surface area (Å²) in [6, 6.07) is 0. The largest absolute Gasteiger partial charge is 1.00 e. The van der Waals surface area contributed by atoms with Crippen molar-refractivity contribution in [2.75, 3.05) is 6.54 Å². The summed E-state index contributed by atoms with van der Waals surface area (Å²) in [7, 11) is 0. The Hall–Kier alpha value is 0.165. The van der Waals surface area contributed by atoms with E-state index in [0.717, 1.165) is 6.54 Å². The summed E-state index contributed by atoms with van der Waals surface area (Å²) in [5.74, 6) is 0. The zero-order valence-electron chi connectivity index (χ0n) is 17.1. The van der Waals surface area contributed by atoms with E-state index in [1.165, 1.54) is 89.9 Å². The molecule has 0 aromatic heterocycles. The summed E-state index contributed by atoms with van der Waals surface area (Å²) in [5.41, 5.74) is 5.47. The number of allylic oxidation sites excluding steroid dienone is 2. The molecule has 0 amide bonds. The van der Waals surface area contributed by atoms with Crippen LogP contribution in [0.5, 0.6) is 0 Å². The van der Waals surface area contributed by atoms with Crippen LogP contribution in [0.3, 0.4) is 0 Å². The number of hydrogen-bond donors (Lipinski definition) is 1. The molecule has 0 bridgehead atoms. The maximum absolute atomic E-state index is 8.33. The molecule has 6 heteroatoms. The second-order valence-electron chi connectivity index (χ2n) is 5.98. The van der Waals surface area contributed by atoms with Gasteiger partial charge in [0.15, 0.2) is 0 Å². The van der Waals surface area contributed by atoms with E-state index in [-0.39, 0.29) is 37.7 Å². The Balaban J connectivity index is -0.000000330. The van der Waals surface area contributed by atoms with Crippen molar-refractivity contribution in [2.45, 2.75) is 96.8 Å². The standard InChI is InChI=1S/C18H37N.CH2O3.2Li/c1-2-3-4-5-6-7-8-9-10-11-12-13-14-15-16-17-18-19;2-1(3)4;;/h9-10H,2-8,11-19H2,1H3;(H2,2,3,4);;/q;;2*+1/p-2/b10-9-;;;. The summed E-state index contributed by atoms with van der Waals surface area (Å²) >= 11 is 0. The molecule has 0 aromatic rings. The van der Waals surface area contributed by atoms with Crippen LogP contribution in [0.4, 0.5) is 4.79 Å². The summed E-state index contributed by atoms with van der Waals surface area (Å²) in [5, 5.41) is 16.7. The number of unbranched alkanes of at least 4 members (excludes halogenated alkanes) is 12. The minimum absolute atomic E-state index is 0. The van der Waals surface area contributed by atoms with E-state index in [9.17, 15) is 0 Å². The zero-order valence-corrected chi connectivity index (χ0v) is 17.1. The molecule has 0 rings (SSSR count). The van der Waals surface area contributed by atoms with Gasteiger partial charge in [-0.1, -0.05) is 76.9 Å². The molecule has 138 valence electrons. The Morgan fingerprint density at radius 2 is 1.04 bits per heavy atom. The number of nitrogens with two attached hydrogens (primary N) is 1. The smallest absolute Gasteiger partial charge is 0.652 e. The molecule has 0 fully saturated rings. The van der Waals surface area contributed by atoms with E-state index < -0.39 is 6.16 Å². The van der Waals surface area contributed by atoms with Gasteiger partial charge in [0, 0.05) is 0 Å². The fraction of sp³-hybridized carbons (Fsp3) is 0.842. The van der Waals surface area contributed by atoms with Crippen LogP contribution in [0.2, 0.25) is 0 Å². The maximum atomic E-state index is 8.33. The summed E-state index contributed by atoms with van der Waals surface area (Å²) < 4.78 is 0. The van der Waals surface area contributed by atoms with Crippen LogP contribution in [0, 0.1) is 0 Å². The first-order chi connectivity index (χ1) is 11.1. The van der Waals surface area contributed by atoms with Gasteiger partial charge in [0.2, 0.25) is 0 Å². The minimum atomic E-state index is -2.33. The Morgan fingerprint density at radius 1 is 0.720 bits per heavy atom. The fourth-order valence-corrected chi connectivity index (χ4v) is 2.39. The van der Waals surface area contributed by atoms with Crippen LogP contribution in [0.25, 0.3) is 0 Å². The molecule has 0 aliphatic carbocycles. The third kappa shape index (κ3) is 45.4. The van der Waals surface area contributed by atoms with Gasteiger partial charge in [0.1, 0.15) is 0 Å². The van der Waals surface area contributed by atoms with Crippen LogP contribution in [-0.4, -0.2) is 12.7 Å². The van der Waals surface area contributed by atoms with E-state index in [1.54, 1.807) is 0 Å². The Kier molecular flexibility index (Phi) is 41.8. The molecule has 0 aliphatic heterocycles. The van der Waals surface area contributed by atoms with Gasteiger partial charge in [-0.3, -0.25) is 0 Å². The minimum Gasteiger partial charge on any atom is -0.652 e. The number of carbonyl (C=O) groups excluding carboxylic acids is 1. The van der Waals surface area contributed by atoms with Gasteiger partial charge in [0.05, 0.1) is 0 Å². The molecule has 0 radical (unpaired) electrons.